The van der Waals surface area contributed by atoms with E-state index < -0.39 is 0 Å². The van der Waals surface area contributed by atoms with E-state index in [1.807, 2.05) is 6.20 Å². The summed E-state index contributed by atoms with van der Waals surface area (Å²) in [7, 11) is 4.15. The summed E-state index contributed by atoms with van der Waals surface area (Å²) in [5, 5.41) is 8.06. The standard InChI is InChI=1S/C17H26N4/c1-5-11-18-17(16-10-12-19-21(16)6-2)14-8-7-9-15(13-14)20(3)4/h7-10,12-13,17-18H,5-6,11H2,1-4H3. The lowest BCUT2D eigenvalue weighted by Crippen LogP contribution is -2.26. The molecule has 1 heterocycles. The number of nitrogens with zero attached hydrogens (tertiary/aromatic N) is 3. The van der Waals surface area contributed by atoms with Crippen molar-refractivity contribution in [1.29, 1.82) is 0 Å². The SMILES string of the molecule is CCCNC(c1cccc(N(C)C)c1)c1ccnn1CC. The summed E-state index contributed by atoms with van der Waals surface area (Å²) in [6.45, 7) is 6.20. The molecule has 114 valence electrons. The van der Waals surface area contributed by atoms with E-state index in [0.717, 1.165) is 19.5 Å². The highest BCUT2D eigenvalue weighted by molar-refractivity contribution is 5.49. The van der Waals surface area contributed by atoms with Gasteiger partial charge < -0.3 is 10.2 Å². The second-order valence-electron chi connectivity index (χ2n) is 5.45. The lowest BCUT2D eigenvalue weighted by atomic mass is 10.0. The lowest BCUT2D eigenvalue weighted by molar-refractivity contribution is 0.530. The topological polar surface area (TPSA) is 33.1 Å². The van der Waals surface area contributed by atoms with Gasteiger partial charge in [-0.15, -0.1) is 0 Å². The fourth-order valence-corrected chi connectivity index (χ4v) is 2.52. The molecule has 0 amide bonds. The molecule has 0 saturated heterocycles. The van der Waals surface area contributed by atoms with Crippen LogP contribution < -0.4 is 10.2 Å². The third-order valence-corrected chi connectivity index (χ3v) is 3.66. The Labute approximate surface area is 127 Å². The van der Waals surface area contributed by atoms with Crippen LogP contribution in [0.5, 0.6) is 0 Å². The minimum Gasteiger partial charge on any atom is -0.378 e. The first-order valence-electron chi connectivity index (χ1n) is 7.69. The summed E-state index contributed by atoms with van der Waals surface area (Å²) in [5.41, 5.74) is 3.73. The Bertz CT molecular complexity index is 559. The fourth-order valence-electron chi connectivity index (χ4n) is 2.52. The highest BCUT2D eigenvalue weighted by atomic mass is 15.3. The molecule has 0 bridgehead atoms. The van der Waals surface area contributed by atoms with Gasteiger partial charge in [-0.05, 0) is 43.7 Å². The minimum absolute atomic E-state index is 0.187. The van der Waals surface area contributed by atoms with E-state index in [4.69, 9.17) is 0 Å². The molecule has 2 aromatic rings. The molecule has 1 atom stereocenters. The maximum absolute atomic E-state index is 4.41. The Hall–Kier alpha value is -1.81. The number of hydrogen-bond acceptors (Lipinski definition) is 3. The van der Waals surface area contributed by atoms with Gasteiger partial charge in [0.2, 0.25) is 0 Å². The molecule has 0 radical (unpaired) electrons. The zero-order chi connectivity index (χ0) is 15.2. The summed E-state index contributed by atoms with van der Waals surface area (Å²) in [6, 6.07) is 11.0. The first-order valence-corrected chi connectivity index (χ1v) is 7.69. The van der Waals surface area contributed by atoms with Crippen molar-refractivity contribution in [1.82, 2.24) is 15.1 Å². The van der Waals surface area contributed by atoms with Crippen LogP contribution >= 0.6 is 0 Å². The lowest BCUT2D eigenvalue weighted by Gasteiger charge is -2.22. The van der Waals surface area contributed by atoms with Crippen LogP contribution in [0.2, 0.25) is 0 Å². The molecule has 4 nitrogen and oxygen atoms in total. The third-order valence-electron chi connectivity index (χ3n) is 3.66. The molecule has 0 fully saturated rings. The van der Waals surface area contributed by atoms with Crippen LogP contribution in [0.25, 0.3) is 0 Å². The van der Waals surface area contributed by atoms with Crippen molar-refractivity contribution in [3.63, 3.8) is 0 Å². The molecule has 1 unspecified atom stereocenters. The zero-order valence-corrected chi connectivity index (χ0v) is 13.5. The van der Waals surface area contributed by atoms with Crippen LogP contribution in [-0.2, 0) is 6.54 Å². The van der Waals surface area contributed by atoms with Crippen LogP contribution in [0.15, 0.2) is 36.5 Å². The average molecular weight is 286 g/mol. The van der Waals surface area contributed by atoms with Crippen molar-refractivity contribution >= 4 is 5.69 Å². The van der Waals surface area contributed by atoms with E-state index in [1.54, 1.807) is 0 Å². The van der Waals surface area contributed by atoms with E-state index in [2.05, 4.69) is 78.3 Å². The van der Waals surface area contributed by atoms with Gasteiger partial charge >= 0.3 is 0 Å². The van der Waals surface area contributed by atoms with Gasteiger partial charge in [0.05, 0.1) is 11.7 Å². The van der Waals surface area contributed by atoms with Crippen molar-refractivity contribution in [3.8, 4) is 0 Å². The molecule has 0 aliphatic rings. The summed E-state index contributed by atoms with van der Waals surface area (Å²) >= 11 is 0. The highest BCUT2D eigenvalue weighted by Gasteiger charge is 2.17. The molecule has 21 heavy (non-hydrogen) atoms. The second kappa shape index (κ2) is 7.27. The van der Waals surface area contributed by atoms with Gasteiger partial charge in [0.1, 0.15) is 0 Å². The maximum atomic E-state index is 4.41. The summed E-state index contributed by atoms with van der Waals surface area (Å²) in [4.78, 5) is 2.14. The van der Waals surface area contributed by atoms with Crippen molar-refractivity contribution in [3.05, 3.63) is 47.8 Å². The van der Waals surface area contributed by atoms with Crippen molar-refractivity contribution in [2.45, 2.75) is 32.9 Å². The quantitative estimate of drug-likeness (QED) is 0.849. The van der Waals surface area contributed by atoms with Gasteiger partial charge in [-0.25, -0.2) is 0 Å². The molecular weight excluding hydrogens is 260 g/mol. The van der Waals surface area contributed by atoms with Gasteiger partial charge in [0.15, 0.2) is 0 Å². The minimum atomic E-state index is 0.187. The Morgan fingerprint density at radius 2 is 2.05 bits per heavy atom. The van der Waals surface area contributed by atoms with Gasteiger partial charge in [0, 0.05) is 32.5 Å². The van der Waals surface area contributed by atoms with Gasteiger partial charge in [-0.1, -0.05) is 19.1 Å². The number of anilines is 1. The highest BCUT2D eigenvalue weighted by Crippen LogP contribution is 2.25. The van der Waals surface area contributed by atoms with Crippen LogP contribution in [-0.4, -0.2) is 30.4 Å². The molecule has 0 aliphatic carbocycles. The van der Waals surface area contributed by atoms with Crippen LogP contribution in [0.4, 0.5) is 5.69 Å². The summed E-state index contributed by atoms with van der Waals surface area (Å²) in [5.74, 6) is 0. The molecule has 1 N–H and O–H groups in total. The number of benzene rings is 1. The van der Waals surface area contributed by atoms with Gasteiger partial charge in [-0.2, -0.15) is 5.10 Å². The van der Waals surface area contributed by atoms with E-state index in [1.165, 1.54) is 16.9 Å². The van der Waals surface area contributed by atoms with Crippen LogP contribution in [0.1, 0.15) is 37.6 Å². The number of hydrogen-bond donors (Lipinski definition) is 1. The van der Waals surface area contributed by atoms with E-state index in [9.17, 15) is 0 Å². The van der Waals surface area contributed by atoms with Crippen LogP contribution in [0.3, 0.4) is 0 Å². The van der Waals surface area contributed by atoms with Crippen LogP contribution in [0, 0.1) is 0 Å². The molecule has 1 aromatic carbocycles. The predicted octanol–water partition coefficient (Wildman–Crippen LogP) is 3.06. The molecule has 1 aromatic heterocycles. The van der Waals surface area contributed by atoms with Gasteiger partial charge in [0.25, 0.3) is 0 Å². The largest absolute Gasteiger partial charge is 0.378 e. The Balaban J connectivity index is 2.38. The van der Waals surface area contributed by atoms with Gasteiger partial charge in [-0.3, -0.25) is 4.68 Å². The first kappa shape index (κ1) is 15.6. The van der Waals surface area contributed by atoms with Crippen molar-refractivity contribution in [2.75, 3.05) is 25.5 Å². The first-order chi connectivity index (χ1) is 10.2. The Morgan fingerprint density at radius 1 is 1.24 bits per heavy atom. The molecule has 0 aliphatic heterocycles. The van der Waals surface area contributed by atoms with Crippen molar-refractivity contribution in [2.24, 2.45) is 0 Å². The summed E-state index contributed by atoms with van der Waals surface area (Å²) < 4.78 is 2.07. The third kappa shape index (κ3) is 3.64. The molecule has 2 rings (SSSR count). The summed E-state index contributed by atoms with van der Waals surface area (Å²) in [6.07, 6.45) is 3.00. The fraction of sp³-hybridized carbons (Fsp3) is 0.471. The maximum Gasteiger partial charge on any atom is 0.0749 e. The molecule has 0 saturated carbocycles. The van der Waals surface area contributed by atoms with E-state index in [0.29, 0.717) is 0 Å². The normalized spacial score (nSPS) is 12.4. The Kier molecular flexibility index (Phi) is 5.39. The monoisotopic (exact) mass is 286 g/mol. The smallest absolute Gasteiger partial charge is 0.0749 e. The predicted molar refractivity (Wildman–Crippen MR) is 88.8 cm³/mol. The molecule has 4 heteroatoms. The Morgan fingerprint density at radius 3 is 2.71 bits per heavy atom. The average Bonchev–Trinajstić information content (AvgIpc) is 2.96. The number of aromatic nitrogens is 2. The molecule has 0 spiro atoms. The molecular formula is C17H26N4. The second-order valence-corrected chi connectivity index (χ2v) is 5.45. The zero-order valence-electron chi connectivity index (χ0n) is 13.5. The van der Waals surface area contributed by atoms with E-state index >= 15 is 0 Å². The number of aryl methyl sites for hydroxylation is 1. The van der Waals surface area contributed by atoms with Crippen molar-refractivity contribution < 1.29 is 0 Å². The number of rotatable bonds is 7. The van der Waals surface area contributed by atoms with E-state index in [-0.39, 0.29) is 6.04 Å². The number of nitrogens with one attached hydrogen (secondary N) is 1.